The summed E-state index contributed by atoms with van der Waals surface area (Å²) in [7, 11) is 0. The van der Waals surface area contributed by atoms with Crippen LogP contribution in [0, 0.1) is 10.8 Å². The summed E-state index contributed by atoms with van der Waals surface area (Å²) in [5.74, 6) is 0.938. The minimum absolute atomic E-state index is 0.332. The molecule has 2 rings (SSSR count). The van der Waals surface area contributed by atoms with E-state index >= 15 is 0 Å². The molecule has 1 fully saturated rings. The van der Waals surface area contributed by atoms with Crippen LogP contribution < -0.4 is 5.73 Å². The first-order valence-electron chi connectivity index (χ1n) is 4.46. The molecule has 1 aromatic rings. The lowest BCUT2D eigenvalue weighted by atomic mass is 10.0. The van der Waals surface area contributed by atoms with E-state index in [1.54, 1.807) is 0 Å². The van der Waals surface area contributed by atoms with Crippen molar-refractivity contribution in [2.75, 3.05) is 5.73 Å². The van der Waals surface area contributed by atoms with Gasteiger partial charge < -0.3 is 5.73 Å². The van der Waals surface area contributed by atoms with Gasteiger partial charge in [-0.2, -0.15) is 4.37 Å². The number of nitrogens with zero attached hydrogens (tertiary/aromatic N) is 2. The van der Waals surface area contributed by atoms with Crippen LogP contribution in [0.1, 0.15) is 38.6 Å². The normalized spacial score (nSPS) is 24.6. The van der Waals surface area contributed by atoms with Crippen LogP contribution in [-0.2, 0) is 0 Å². The summed E-state index contributed by atoms with van der Waals surface area (Å²) in [6.45, 7) is 9.09. The first kappa shape index (κ1) is 8.94. The average Bonchev–Trinajstić information content (AvgIpc) is 2.32. The van der Waals surface area contributed by atoms with Crippen molar-refractivity contribution >= 4 is 17.5 Å². The van der Waals surface area contributed by atoms with Crippen molar-refractivity contribution < 1.29 is 0 Å². The van der Waals surface area contributed by atoms with Crippen LogP contribution in [0.5, 0.6) is 0 Å². The minimum atomic E-state index is 0.332. The first-order chi connectivity index (χ1) is 5.87. The summed E-state index contributed by atoms with van der Waals surface area (Å²) in [5.41, 5.74) is 6.17. The van der Waals surface area contributed by atoms with Crippen molar-refractivity contribution in [2.45, 2.75) is 33.6 Å². The van der Waals surface area contributed by atoms with E-state index in [1.165, 1.54) is 11.5 Å². The summed E-state index contributed by atoms with van der Waals surface area (Å²) in [4.78, 5) is 4.25. The fourth-order valence-corrected chi connectivity index (χ4v) is 3.24. The molecule has 1 aromatic heterocycles. The SMILES string of the molecule is CC1(C)C(c2nc(N)ns2)C1(C)C. The van der Waals surface area contributed by atoms with E-state index in [0.717, 1.165) is 5.01 Å². The Morgan fingerprint density at radius 1 is 1.23 bits per heavy atom. The van der Waals surface area contributed by atoms with Crippen molar-refractivity contribution in [1.29, 1.82) is 0 Å². The second-order valence-electron chi connectivity index (χ2n) is 4.87. The molecule has 4 heteroatoms. The smallest absolute Gasteiger partial charge is 0.232 e. The summed E-state index contributed by atoms with van der Waals surface area (Å²) in [6, 6.07) is 0. The molecule has 0 aromatic carbocycles. The highest BCUT2D eigenvalue weighted by molar-refractivity contribution is 7.05. The van der Waals surface area contributed by atoms with Crippen molar-refractivity contribution in [2.24, 2.45) is 10.8 Å². The molecule has 0 unspecified atom stereocenters. The fourth-order valence-electron chi connectivity index (χ4n) is 2.18. The van der Waals surface area contributed by atoms with Crippen LogP contribution >= 0.6 is 11.5 Å². The molecule has 0 spiro atoms. The molecule has 0 radical (unpaired) electrons. The summed E-state index contributed by atoms with van der Waals surface area (Å²) in [6.07, 6.45) is 0. The Hall–Kier alpha value is -0.640. The number of rotatable bonds is 1. The number of hydrogen-bond donors (Lipinski definition) is 1. The lowest BCUT2D eigenvalue weighted by Crippen LogP contribution is -1.95. The Labute approximate surface area is 82.5 Å². The molecule has 2 N–H and O–H groups in total. The molecule has 13 heavy (non-hydrogen) atoms. The third-order valence-corrected chi connectivity index (χ3v) is 4.52. The predicted octanol–water partition coefficient (Wildman–Crippen LogP) is 2.27. The maximum atomic E-state index is 5.51. The van der Waals surface area contributed by atoms with Gasteiger partial charge in [-0.05, 0) is 22.4 Å². The standard InChI is InChI=1S/C9H15N3S/c1-8(2)5(9(8,3)4)6-11-7(10)12-13-6/h5H,1-4H3,(H2,10,12). The highest BCUT2D eigenvalue weighted by Crippen LogP contribution is 2.73. The Balaban J connectivity index is 2.32. The summed E-state index contributed by atoms with van der Waals surface area (Å²) in [5, 5.41) is 1.09. The Kier molecular flexibility index (Phi) is 1.54. The zero-order chi connectivity index (χ0) is 9.85. The van der Waals surface area contributed by atoms with E-state index < -0.39 is 0 Å². The number of aromatic nitrogens is 2. The zero-order valence-electron chi connectivity index (χ0n) is 8.46. The van der Waals surface area contributed by atoms with Gasteiger partial charge in [0.2, 0.25) is 5.95 Å². The van der Waals surface area contributed by atoms with E-state index in [4.69, 9.17) is 5.73 Å². The Bertz CT molecular complexity index is 326. The third kappa shape index (κ3) is 1.01. The van der Waals surface area contributed by atoms with Gasteiger partial charge in [0.05, 0.1) is 0 Å². The van der Waals surface area contributed by atoms with Crippen molar-refractivity contribution in [1.82, 2.24) is 9.36 Å². The molecule has 0 aliphatic heterocycles. The van der Waals surface area contributed by atoms with Crippen LogP contribution in [0.2, 0.25) is 0 Å². The average molecular weight is 197 g/mol. The molecule has 1 aliphatic rings. The lowest BCUT2D eigenvalue weighted by molar-refractivity contribution is 0.457. The second-order valence-corrected chi connectivity index (χ2v) is 5.65. The first-order valence-corrected chi connectivity index (χ1v) is 5.24. The predicted molar refractivity (Wildman–Crippen MR) is 54.6 cm³/mol. The summed E-state index contributed by atoms with van der Waals surface area (Å²) >= 11 is 1.44. The topological polar surface area (TPSA) is 51.8 Å². The van der Waals surface area contributed by atoms with Gasteiger partial charge >= 0.3 is 0 Å². The highest BCUT2D eigenvalue weighted by atomic mass is 32.1. The number of anilines is 1. The van der Waals surface area contributed by atoms with Gasteiger partial charge in [-0.3, -0.25) is 0 Å². The Morgan fingerprint density at radius 2 is 1.77 bits per heavy atom. The summed E-state index contributed by atoms with van der Waals surface area (Å²) < 4.78 is 4.02. The van der Waals surface area contributed by atoms with Crippen molar-refractivity contribution in [3.05, 3.63) is 5.01 Å². The second kappa shape index (κ2) is 2.23. The quantitative estimate of drug-likeness (QED) is 0.751. The molecule has 0 saturated heterocycles. The zero-order valence-corrected chi connectivity index (χ0v) is 9.27. The van der Waals surface area contributed by atoms with Crippen molar-refractivity contribution in [3.63, 3.8) is 0 Å². The largest absolute Gasteiger partial charge is 0.367 e. The van der Waals surface area contributed by atoms with E-state index in [1.807, 2.05) is 0 Å². The van der Waals surface area contributed by atoms with E-state index in [9.17, 15) is 0 Å². The highest BCUT2D eigenvalue weighted by Gasteiger charge is 2.66. The molecule has 3 nitrogen and oxygen atoms in total. The van der Waals surface area contributed by atoms with Gasteiger partial charge in [-0.25, -0.2) is 4.98 Å². The molecule has 0 atom stereocenters. The molecule has 1 aliphatic carbocycles. The van der Waals surface area contributed by atoms with Gasteiger partial charge in [0.1, 0.15) is 5.01 Å². The van der Waals surface area contributed by atoms with Crippen molar-refractivity contribution in [3.8, 4) is 0 Å². The molecular formula is C9H15N3S. The number of nitrogen functional groups attached to an aromatic ring is 1. The van der Waals surface area contributed by atoms with Gasteiger partial charge in [0.15, 0.2) is 0 Å². The minimum Gasteiger partial charge on any atom is -0.367 e. The van der Waals surface area contributed by atoms with E-state index in [0.29, 0.717) is 22.7 Å². The maximum Gasteiger partial charge on any atom is 0.232 e. The van der Waals surface area contributed by atoms with Crippen LogP contribution in [-0.4, -0.2) is 9.36 Å². The van der Waals surface area contributed by atoms with E-state index in [-0.39, 0.29) is 0 Å². The van der Waals surface area contributed by atoms with Crippen LogP contribution in [0.4, 0.5) is 5.95 Å². The van der Waals surface area contributed by atoms with Gasteiger partial charge in [-0.15, -0.1) is 0 Å². The maximum absolute atomic E-state index is 5.51. The Morgan fingerprint density at radius 3 is 2.08 bits per heavy atom. The molecule has 0 bridgehead atoms. The van der Waals surface area contributed by atoms with Gasteiger partial charge in [-0.1, -0.05) is 27.7 Å². The van der Waals surface area contributed by atoms with Crippen LogP contribution in [0.15, 0.2) is 0 Å². The molecular weight excluding hydrogens is 182 g/mol. The fraction of sp³-hybridized carbons (Fsp3) is 0.778. The molecule has 1 heterocycles. The van der Waals surface area contributed by atoms with Gasteiger partial charge in [0, 0.05) is 5.92 Å². The third-order valence-electron chi connectivity index (χ3n) is 3.73. The molecule has 72 valence electrons. The molecule has 1 saturated carbocycles. The van der Waals surface area contributed by atoms with E-state index in [2.05, 4.69) is 37.1 Å². The number of hydrogen-bond acceptors (Lipinski definition) is 4. The monoisotopic (exact) mass is 197 g/mol. The van der Waals surface area contributed by atoms with Crippen LogP contribution in [0.25, 0.3) is 0 Å². The molecule has 0 amide bonds. The number of nitrogens with two attached hydrogens (primary N) is 1. The van der Waals surface area contributed by atoms with Gasteiger partial charge in [0.25, 0.3) is 0 Å². The lowest BCUT2D eigenvalue weighted by Gasteiger charge is -2.03. The van der Waals surface area contributed by atoms with Crippen LogP contribution in [0.3, 0.4) is 0 Å².